The molecule has 1 aromatic heterocycles. The molecule has 2 aromatic rings. The Labute approximate surface area is 150 Å². The number of methoxy groups -OCH3 is 1. The van der Waals surface area contributed by atoms with Crippen molar-refractivity contribution in [3.05, 3.63) is 48.3 Å². The molecular weight excluding hydrogens is 316 g/mol. The maximum absolute atomic E-state index is 5.85. The van der Waals surface area contributed by atoms with E-state index >= 15 is 0 Å². The van der Waals surface area contributed by atoms with Gasteiger partial charge in [0.25, 0.3) is 0 Å². The van der Waals surface area contributed by atoms with E-state index in [0.29, 0.717) is 6.61 Å². The number of morpholine rings is 1. The van der Waals surface area contributed by atoms with Crippen LogP contribution in [0.3, 0.4) is 0 Å². The summed E-state index contributed by atoms with van der Waals surface area (Å²) in [7, 11) is 1.67. The second kappa shape index (κ2) is 9.49. The van der Waals surface area contributed by atoms with E-state index in [0.717, 1.165) is 57.3 Å². The van der Waals surface area contributed by atoms with E-state index in [9.17, 15) is 0 Å². The van der Waals surface area contributed by atoms with Crippen molar-refractivity contribution in [1.82, 2.24) is 9.47 Å². The molecule has 3 rings (SSSR count). The maximum Gasteiger partial charge on any atom is 0.123 e. The molecule has 0 amide bonds. The topological polar surface area (TPSA) is 35.9 Å². The number of hydrogen-bond donors (Lipinski definition) is 0. The molecule has 0 saturated carbocycles. The fourth-order valence-electron chi connectivity index (χ4n) is 3.16. The minimum Gasteiger partial charge on any atom is -0.497 e. The third kappa shape index (κ3) is 5.51. The zero-order chi connectivity index (χ0) is 17.3. The van der Waals surface area contributed by atoms with Crippen LogP contribution in [0.25, 0.3) is 0 Å². The Hall–Kier alpha value is -1.98. The first-order valence-electron chi connectivity index (χ1n) is 9.06. The molecule has 0 radical (unpaired) electrons. The normalized spacial score (nSPS) is 15.2. The van der Waals surface area contributed by atoms with E-state index < -0.39 is 0 Å². The highest BCUT2D eigenvalue weighted by atomic mass is 16.5. The quantitative estimate of drug-likeness (QED) is 0.701. The fourth-order valence-corrected chi connectivity index (χ4v) is 3.16. The van der Waals surface area contributed by atoms with Crippen LogP contribution in [-0.4, -0.2) is 56.0 Å². The van der Waals surface area contributed by atoms with Gasteiger partial charge in [0.15, 0.2) is 0 Å². The number of benzene rings is 1. The van der Waals surface area contributed by atoms with Gasteiger partial charge in [0.05, 0.1) is 26.9 Å². The second-order valence-electron chi connectivity index (χ2n) is 6.28. The first-order valence-corrected chi connectivity index (χ1v) is 9.06. The van der Waals surface area contributed by atoms with Gasteiger partial charge in [-0.05, 0) is 43.7 Å². The first kappa shape index (κ1) is 17.8. The molecule has 1 aliphatic rings. The number of aryl methyl sites for hydroxylation is 1. The highest BCUT2D eigenvalue weighted by molar-refractivity contribution is 5.32. The van der Waals surface area contributed by atoms with Gasteiger partial charge < -0.3 is 18.8 Å². The number of hydrogen-bond acceptors (Lipinski definition) is 4. The summed E-state index contributed by atoms with van der Waals surface area (Å²) in [5, 5.41) is 0. The summed E-state index contributed by atoms with van der Waals surface area (Å²) >= 11 is 0. The van der Waals surface area contributed by atoms with Gasteiger partial charge in [-0.15, -0.1) is 0 Å². The summed E-state index contributed by atoms with van der Waals surface area (Å²) in [5.74, 6) is 1.67. The fraction of sp³-hybridized carbons (Fsp3) is 0.500. The van der Waals surface area contributed by atoms with Gasteiger partial charge in [-0.3, -0.25) is 4.90 Å². The average molecular weight is 344 g/mol. The molecule has 1 aromatic carbocycles. The molecule has 1 saturated heterocycles. The van der Waals surface area contributed by atoms with Crippen LogP contribution in [0.1, 0.15) is 12.1 Å². The number of aromatic nitrogens is 1. The lowest BCUT2D eigenvalue weighted by Crippen LogP contribution is -2.37. The minimum absolute atomic E-state index is 0.651. The number of nitrogens with zero attached hydrogens (tertiary/aromatic N) is 2. The second-order valence-corrected chi connectivity index (χ2v) is 6.28. The standard InChI is InChI=1S/C20H28N2O3/c1-23-19-7-2-8-20(17-19)25-16-13-22-10-4-6-18(22)5-3-9-21-11-14-24-15-12-21/h2,4,6-8,10,17H,3,5,9,11-16H2,1H3. The van der Waals surface area contributed by atoms with Crippen molar-refractivity contribution in [2.45, 2.75) is 19.4 Å². The van der Waals surface area contributed by atoms with E-state index in [1.165, 1.54) is 12.1 Å². The van der Waals surface area contributed by atoms with Gasteiger partial charge in [-0.25, -0.2) is 0 Å². The lowest BCUT2D eigenvalue weighted by Gasteiger charge is -2.26. The van der Waals surface area contributed by atoms with E-state index in [4.69, 9.17) is 14.2 Å². The Bertz CT molecular complexity index is 635. The highest BCUT2D eigenvalue weighted by Gasteiger charge is 2.10. The molecule has 25 heavy (non-hydrogen) atoms. The predicted octanol–water partition coefficient (Wildman–Crippen LogP) is 2.84. The first-order chi connectivity index (χ1) is 12.3. The average Bonchev–Trinajstić information content (AvgIpc) is 3.10. The van der Waals surface area contributed by atoms with Crippen LogP contribution in [0.4, 0.5) is 0 Å². The van der Waals surface area contributed by atoms with Gasteiger partial charge in [0.1, 0.15) is 18.1 Å². The van der Waals surface area contributed by atoms with E-state index in [2.05, 4.69) is 27.8 Å². The monoisotopic (exact) mass is 344 g/mol. The SMILES string of the molecule is COc1cccc(OCCn2cccc2CCCN2CCOCC2)c1. The Morgan fingerprint density at radius 3 is 2.72 bits per heavy atom. The van der Waals surface area contributed by atoms with E-state index in [1.807, 2.05) is 24.3 Å². The third-order valence-corrected chi connectivity index (χ3v) is 4.58. The molecular formula is C20H28N2O3. The molecule has 136 valence electrons. The van der Waals surface area contributed by atoms with Crippen molar-refractivity contribution in [2.24, 2.45) is 0 Å². The summed E-state index contributed by atoms with van der Waals surface area (Å²) < 4.78 is 18.8. The van der Waals surface area contributed by atoms with E-state index in [1.54, 1.807) is 7.11 Å². The Morgan fingerprint density at radius 1 is 1.04 bits per heavy atom. The molecule has 1 aliphatic heterocycles. The molecule has 0 N–H and O–H groups in total. The molecule has 1 fully saturated rings. The Balaban J connectivity index is 1.41. The van der Waals surface area contributed by atoms with Crippen molar-refractivity contribution in [2.75, 3.05) is 46.6 Å². The van der Waals surface area contributed by atoms with Crippen molar-refractivity contribution < 1.29 is 14.2 Å². The lowest BCUT2D eigenvalue weighted by molar-refractivity contribution is 0.0374. The van der Waals surface area contributed by atoms with Crippen LogP contribution < -0.4 is 9.47 Å². The molecule has 0 unspecified atom stereocenters. The number of rotatable bonds is 9. The van der Waals surface area contributed by atoms with Crippen molar-refractivity contribution in [3.8, 4) is 11.5 Å². The highest BCUT2D eigenvalue weighted by Crippen LogP contribution is 2.19. The molecule has 2 heterocycles. The van der Waals surface area contributed by atoms with Gasteiger partial charge in [-0.2, -0.15) is 0 Å². The van der Waals surface area contributed by atoms with Crippen molar-refractivity contribution in [1.29, 1.82) is 0 Å². The van der Waals surface area contributed by atoms with E-state index in [-0.39, 0.29) is 0 Å². The summed E-state index contributed by atoms with van der Waals surface area (Å²) in [5.41, 5.74) is 1.38. The third-order valence-electron chi connectivity index (χ3n) is 4.58. The van der Waals surface area contributed by atoms with Gasteiger partial charge in [0.2, 0.25) is 0 Å². The largest absolute Gasteiger partial charge is 0.497 e. The van der Waals surface area contributed by atoms with Crippen LogP contribution in [0.15, 0.2) is 42.6 Å². The van der Waals surface area contributed by atoms with Gasteiger partial charge in [-0.1, -0.05) is 6.07 Å². The molecule has 5 nitrogen and oxygen atoms in total. The molecule has 0 bridgehead atoms. The van der Waals surface area contributed by atoms with Crippen molar-refractivity contribution >= 4 is 0 Å². The maximum atomic E-state index is 5.85. The summed E-state index contributed by atoms with van der Waals surface area (Å²) in [6.07, 6.45) is 4.42. The minimum atomic E-state index is 0.651. The van der Waals surface area contributed by atoms with Gasteiger partial charge >= 0.3 is 0 Å². The predicted molar refractivity (Wildman–Crippen MR) is 98.5 cm³/mol. The van der Waals surface area contributed by atoms with Crippen molar-refractivity contribution in [3.63, 3.8) is 0 Å². The molecule has 5 heteroatoms. The smallest absolute Gasteiger partial charge is 0.123 e. The molecule has 0 spiro atoms. The number of ether oxygens (including phenoxy) is 3. The van der Waals surface area contributed by atoms with Crippen LogP contribution in [0.5, 0.6) is 11.5 Å². The van der Waals surface area contributed by atoms with Crippen LogP contribution in [0.2, 0.25) is 0 Å². The molecule has 0 atom stereocenters. The zero-order valence-electron chi connectivity index (χ0n) is 15.0. The Morgan fingerprint density at radius 2 is 1.88 bits per heavy atom. The Kier molecular flexibility index (Phi) is 6.77. The zero-order valence-corrected chi connectivity index (χ0v) is 15.0. The van der Waals surface area contributed by atoms with Crippen LogP contribution >= 0.6 is 0 Å². The van der Waals surface area contributed by atoms with Crippen LogP contribution in [-0.2, 0) is 17.7 Å². The summed E-state index contributed by atoms with van der Waals surface area (Å²) in [4.78, 5) is 2.49. The lowest BCUT2D eigenvalue weighted by atomic mass is 10.2. The molecule has 0 aliphatic carbocycles. The summed E-state index contributed by atoms with van der Waals surface area (Å²) in [6, 6.07) is 12.1. The summed E-state index contributed by atoms with van der Waals surface area (Å²) in [6.45, 7) is 6.53. The van der Waals surface area contributed by atoms with Crippen LogP contribution in [0, 0.1) is 0 Å². The van der Waals surface area contributed by atoms with Gasteiger partial charge in [0, 0.05) is 31.0 Å².